The van der Waals surface area contributed by atoms with Gasteiger partial charge in [0.1, 0.15) is 5.75 Å². The first-order valence-electron chi connectivity index (χ1n) is 6.41. The van der Waals surface area contributed by atoms with E-state index in [1.165, 1.54) is 0 Å². The molecule has 2 aromatic rings. The van der Waals surface area contributed by atoms with Crippen molar-refractivity contribution in [3.63, 3.8) is 0 Å². The lowest BCUT2D eigenvalue weighted by Crippen LogP contribution is -2.25. The minimum Gasteiger partial charge on any atom is -0.497 e. The van der Waals surface area contributed by atoms with Crippen LogP contribution in [0.5, 0.6) is 5.75 Å². The summed E-state index contributed by atoms with van der Waals surface area (Å²) in [5.41, 5.74) is 8.46. The number of ether oxygens (including phenoxy) is 1. The lowest BCUT2D eigenvalue weighted by Gasteiger charge is -2.13. The van der Waals surface area contributed by atoms with Gasteiger partial charge in [-0.2, -0.15) is 0 Å². The zero-order chi connectivity index (χ0) is 14.5. The molecule has 0 aromatic heterocycles. The third-order valence-corrected chi connectivity index (χ3v) is 3.85. The second-order valence-corrected chi connectivity index (χ2v) is 5.58. The number of rotatable bonds is 5. The zero-order valence-electron chi connectivity index (χ0n) is 11.3. The summed E-state index contributed by atoms with van der Waals surface area (Å²) in [6, 6.07) is 13.6. The molecule has 1 unspecified atom stereocenters. The van der Waals surface area contributed by atoms with Crippen LogP contribution in [0.15, 0.2) is 42.5 Å². The van der Waals surface area contributed by atoms with Crippen molar-refractivity contribution in [2.24, 2.45) is 5.73 Å². The van der Waals surface area contributed by atoms with Crippen molar-refractivity contribution in [1.82, 2.24) is 0 Å². The molecule has 1 atom stereocenters. The van der Waals surface area contributed by atoms with Crippen molar-refractivity contribution in [2.45, 2.75) is 18.9 Å². The SMILES string of the molecule is COc1cccc(CC(N)Cc2ccc(Cl)c(Cl)c2)c1. The number of benzene rings is 2. The van der Waals surface area contributed by atoms with Crippen LogP contribution in [-0.4, -0.2) is 13.2 Å². The average molecular weight is 310 g/mol. The molecule has 0 saturated carbocycles. The highest BCUT2D eigenvalue weighted by Crippen LogP contribution is 2.23. The Morgan fingerprint density at radius 1 is 1.00 bits per heavy atom. The molecule has 20 heavy (non-hydrogen) atoms. The molecule has 0 radical (unpaired) electrons. The van der Waals surface area contributed by atoms with Gasteiger partial charge in [0.2, 0.25) is 0 Å². The van der Waals surface area contributed by atoms with E-state index in [1.807, 2.05) is 30.3 Å². The topological polar surface area (TPSA) is 35.2 Å². The van der Waals surface area contributed by atoms with E-state index < -0.39 is 0 Å². The molecule has 4 heteroatoms. The van der Waals surface area contributed by atoms with E-state index in [0.717, 1.165) is 29.7 Å². The normalized spacial score (nSPS) is 12.2. The monoisotopic (exact) mass is 309 g/mol. The predicted molar refractivity (Wildman–Crippen MR) is 84.8 cm³/mol. The van der Waals surface area contributed by atoms with Gasteiger partial charge in [-0.1, -0.05) is 41.4 Å². The molecule has 2 N–H and O–H groups in total. The first kappa shape index (κ1) is 15.2. The van der Waals surface area contributed by atoms with Crippen molar-refractivity contribution < 1.29 is 4.74 Å². The summed E-state index contributed by atoms with van der Waals surface area (Å²) in [5, 5.41) is 1.13. The molecular formula is C16H17Cl2NO. The van der Waals surface area contributed by atoms with E-state index in [-0.39, 0.29) is 6.04 Å². The van der Waals surface area contributed by atoms with E-state index in [0.29, 0.717) is 10.0 Å². The van der Waals surface area contributed by atoms with E-state index in [2.05, 4.69) is 6.07 Å². The Hall–Kier alpha value is -1.22. The van der Waals surface area contributed by atoms with Crippen LogP contribution in [0.1, 0.15) is 11.1 Å². The van der Waals surface area contributed by atoms with Gasteiger partial charge in [-0.3, -0.25) is 0 Å². The Bertz CT molecular complexity index is 586. The van der Waals surface area contributed by atoms with Crippen molar-refractivity contribution in [2.75, 3.05) is 7.11 Å². The number of halogens is 2. The van der Waals surface area contributed by atoms with E-state index in [4.69, 9.17) is 33.7 Å². The van der Waals surface area contributed by atoms with Crippen molar-refractivity contribution in [1.29, 1.82) is 0 Å². The summed E-state index contributed by atoms with van der Waals surface area (Å²) in [5.74, 6) is 0.851. The van der Waals surface area contributed by atoms with Gasteiger partial charge in [-0.05, 0) is 48.2 Å². The van der Waals surface area contributed by atoms with E-state index in [9.17, 15) is 0 Å². The van der Waals surface area contributed by atoms with Crippen molar-refractivity contribution in [3.05, 3.63) is 63.6 Å². The van der Waals surface area contributed by atoms with Crippen LogP contribution < -0.4 is 10.5 Å². The van der Waals surface area contributed by atoms with Crippen LogP contribution in [0.2, 0.25) is 10.0 Å². The van der Waals surface area contributed by atoms with Gasteiger partial charge in [-0.25, -0.2) is 0 Å². The van der Waals surface area contributed by atoms with Gasteiger partial charge in [-0.15, -0.1) is 0 Å². The molecule has 106 valence electrons. The van der Waals surface area contributed by atoms with E-state index >= 15 is 0 Å². The zero-order valence-corrected chi connectivity index (χ0v) is 12.8. The minimum atomic E-state index is 0.0272. The highest BCUT2D eigenvalue weighted by atomic mass is 35.5. The fraction of sp³-hybridized carbons (Fsp3) is 0.250. The second-order valence-electron chi connectivity index (χ2n) is 4.77. The van der Waals surface area contributed by atoms with Gasteiger partial charge in [0.15, 0.2) is 0 Å². The molecule has 2 nitrogen and oxygen atoms in total. The fourth-order valence-electron chi connectivity index (χ4n) is 2.14. The average Bonchev–Trinajstić information content (AvgIpc) is 2.43. The predicted octanol–water partition coefficient (Wildman–Crippen LogP) is 4.11. The fourth-order valence-corrected chi connectivity index (χ4v) is 2.46. The molecule has 0 saturated heterocycles. The summed E-state index contributed by atoms with van der Waals surface area (Å²) >= 11 is 11.9. The molecule has 0 aliphatic heterocycles. The van der Waals surface area contributed by atoms with Gasteiger partial charge in [0, 0.05) is 6.04 Å². The van der Waals surface area contributed by atoms with Gasteiger partial charge in [0.05, 0.1) is 17.2 Å². The highest BCUT2D eigenvalue weighted by Gasteiger charge is 2.08. The Morgan fingerprint density at radius 2 is 1.70 bits per heavy atom. The Balaban J connectivity index is 2.00. The first-order valence-corrected chi connectivity index (χ1v) is 7.16. The lowest BCUT2D eigenvalue weighted by atomic mass is 10.00. The van der Waals surface area contributed by atoms with Crippen LogP contribution >= 0.6 is 23.2 Å². The molecule has 0 heterocycles. The van der Waals surface area contributed by atoms with Crippen LogP contribution in [0.3, 0.4) is 0 Å². The minimum absolute atomic E-state index is 0.0272. The van der Waals surface area contributed by atoms with Crippen LogP contribution in [0.25, 0.3) is 0 Å². The number of hydrogen-bond donors (Lipinski definition) is 1. The number of methoxy groups -OCH3 is 1. The van der Waals surface area contributed by atoms with Crippen LogP contribution in [0.4, 0.5) is 0 Å². The van der Waals surface area contributed by atoms with Gasteiger partial charge >= 0.3 is 0 Å². The molecule has 0 bridgehead atoms. The summed E-state index contributed by atoms with van der Waals surface area (Å²) in [6.45, 7) is 0. The maximum absolute atomic E-state index is 6.20. The second kappa shape index (κ2) is 6.98. The van der Waals surface area contributed by atoms with Crippen molar-refractivity contribution >= 4 is 23.2 Å². The standard InChI is InChI=1S/C16H17Cl2NO/c1-20-14-4-2-3-11(9-14)7-13(19)8-12-5-6-15(17)16(18)10-12/h2-6,9-10,13H,7-8,19H2,1H3. The third kappa shape index (κ3) is 4.14. The molecule has 0 amide bonds. The summed E-state index contributed by atoms with van der Waals surface area (Å²) in [6.07, 6.45) is 1.55. The first-order chi connectivity index (χ1) is 9.58. The summed E-state index contributed by atoms with van der Waals surface area (Å²) < 4.78 is 5.21. The number of nitrogens with two attached hydrogens (primary N) is 1. The molecular weight excluding hydrogens is 293 g/mol. The largest absolute Gasteiger partial charge is 0.497 e. The molecule has 2 aromatic carbocycles. The third-order valence-electron chi connectivity index (χ3n) is 3.11. The molecule has 2 rings (SSSR count). The van der Waals surface area contributed by atoms with Gasteiger partial charge in [0.25, 0.3) is 0 Å². The molecule has 0 aliphatic carbocycles. The summed E-state index contributed by atoms with van der Waals surface area (Å²) in [4.78, 5) is 0. The van der Waals surface area contributed by atoms with E-state index in [1.54, 1.807) is 13.2 Å². The maximum atomic E-state index is 6.20. The Morgan fingerprint density at radius 3 is 2.35 bits per heavy atom. The number of hydrogen-bond acceptors (Lipinski definition) is 2. The van der Waals surface area contributed by atoms with Crippen LogP contribution in [-0.2, 0) is 12.8 Å². The quantitative estimate of drug-likeness (QED) is 0.902. The van der Waals surface area contributed by atoms with Gasteiger partial charge < -0.3 is 10.5 Å². The highest BCUT2D eigenvalue weighted by molar-refractivity contribution is 6.42. The maximum Gasteiger partial charge on any atom is 0.119 e. The lowest BCUT2D eigenvalue weighted by molar-refractivity contribution is 0.414. The van der Waals surface area contributed by atoms with Crippen LogP contribution in [0, 0.1) is 0 Å². The summed E-state index contributed by atoms with van der Waals surface area (Å²) in [7, 11) is 1.66. The molecule has 0 aliphatic rings. The Labute approximate surface area is 129 Å². The molecule has 0 fully saturated rings. The Kier molecular flexibility index (Phi) is 5.30. The molecule has 0 spiro atoms. The van der Waals surface area contributed by atoms with Crippen molar-refractivity contribution in [3.8, 4) is 5.75 Å². The smallest absolute Gasteiger partial charge is 0.119 e.